The van der Waals surface area contributed by atoms with Crippen molar-refractivity contribution < 1.29 is 14.4 Å². The second-order valence-electron chi connectivity index (χ2n) is 3.43. The van der Waals surface area contributed by atoms with Crippen molar-refractivity contribution >= 4 is 35.0 Å². The van der Waals surface area contributed by atoms with Crippen LogP contribution in [0.25, 0.3) is 0 Å². The summed E-state index contributed by atoms with van der Waals surface area (Å²) in [6.45, 7) is 1.28. The maximum absolute atomic E-state index is 11.0. The lowest BCUT2D eigenvalue weighted by Crippen LogP contribution is -2.33. The van der Waals surface area contributed by atoms with Gasteiger partial charge in [-0.15, -0.1) is 0 Å². The van der Waals surface area contributed by atoms with Crippen LogP contribution in [-0.4, -0.2) is 17.7 Å². The molecule has 0 spiro atoms. The van der Waals surface area contributed by atoms with E-state index in [1.54, 1.807) is 24.3 Å². The molecule has 1 aromatic carbocycles. The molecule has 0 radical (unpaired) electrons. The maximum Gasteiger partial charge on any atom is 0.339 e. The topological polar surface area (TPSA) is 93.8 Å². The first kappa shape index (κ1) is 14.0. The van der Waals surface area contributed by atoms with Gasteiger partial charge in [0, 0.05) is 5.02 Å². The molecule has 0 aliphatic heterocycles. The number of Topliss-reactive ketones (excluding diaryl/α,β-unsaturated/α-hetero) is 1. The second kappa shape index (κ2) is 6.61. The molecule has 0 amide bonds. The smallest absolute Gasteiger partial charge is 0.339 e. The lowest BCUT2D eigenvalue weighted by molar-refractivity contribution is -0.149. The number of aliphatic imine (C=N–C) groups is 1. The number of hydrogen-bond acceptors (Lipinski definition) is 4. The number of nitrogens with zero attached hydrogens (tertiary/aromatic N) is 1. The van der Waals surface area contributed by atoms with Crippen LogP contribution in [0.3, 0.4) is 0 Å². The minimum absolute atomic E-state index is 0.103. The molecule has 0 fully saturated rings. The first-order valence-corrected chi connectivity index (χ1v) is 5.40. The van der Waals surface area contributed by atoms with Crippen molar-refractivity contribution in [3.05, 3.63) is 29.3 Å². The summed E-state index contributed by atoms with van der Waals surface area (Å²) in [4.78, 5) is 30.1. The van der Waals surface area contributed by atoms with Gasteiger partial charge in [0.25, 0.3) is 0 Å². The number of hydrogen-bond donors (Lipinski definition) is 2. The third-order valence-electron chi connectivity index (χ3n) is 1.74. The van der Waals surface area contributed by atoms with E-state index in [-0.39, 0.29) is 18.2 Å². The van der Waals surface area contributed by atoms with Crippen molar-refractivity contribution in [3.8, 4) is 0 Å². The predicted octanol–water partition coefficient (Wildman–Crippen LogP) is 1.31. The Morgan fingerprint density at radius 1 is 1.39 bits per heavy atom. The van der Waals surface area contributed by atoms with E-state index in [4.69, 9.17) is 17.3 Å². The summed E-state index contributed by atoms with van der Waals surface area (Å²) in [5, 5.41) is 0.577. The van der Waals surface area contributed by atoms with E-state index < -0.39 is 5.97 Å². The van der Waals surface area contributed by atoms with Crippen molar-refractivity contribution in [2.75, 3.05) is 0 Å². The highest BCUT2D eigenvalue weighted by Crippen LogP contribution is 2.15. The lowest BCUT2D eigenvalue weighted by atomic mass is 10.3. The summed E-state index contributed by atoms with van der Waals surface area (Å²) in [7, 11) is 0. The fourth-order valence-electron chi connectivity index (χ4n) is 1.03. The van der Waals surface area contributed by atoms with Crippen molar-refractivity contribution in [2.45, 2.75) is 13.3 Å². The Hall–Kier alpha value is -2.08. The summed E-state index contributed by atoms with van der Waals surface area (Å²) >= 11 is 5.70. The molecular formula is C11H12ClN3O3. The minimum atomic E-state index is -0.725. The number of benzene rings is 1. The first-order valence-electron chi connectivity index (χ1n) is 5.02. The largest absolute Gasteiger partial charge is 0.367 e. The van der Waals surface area contributed by atoms with Gasteiger partial charge < -0.3 is 10.6 Å². The summed E-state index contributed by atoms with van der Waals surface area (Å²) in [6.07, 6.45) is -0.318. The van der Waals surface area contributed by atoms with Gasteiger partial charge in [0.05, 0.1) is 5.69 Å². The van der Waals surface area contributed by atoms with Gasteiger partial charge in [0.1, 0.15) is 12.2 Å². The van der Waals surface area contributed by atoms with Gasteiger partial charge in [-0.2, -0.15) is 5.48 Å². The number of nitrogens with one attached hydrogen (secondary N) is 1. The Balaban J connectivity index is 2.49. The fraction of sp³-hybridized carbons (Fsp3) is 0.182. The van der Waals surface area contributed by atoms with Gasteiger partial charge in [-0.3, -0.25) is 4.79 Å². The molecule has 1 rings (SSSR count). The van der Waals surface area contributed by atoms with Gasteiger partial charge in [0.2, 0.25) is 5.96 Å². The van der Waals surface area contributed by atoms with Crippen LogP contribution in [0.5, 0.6) is 0 Å². The maximum atomic E-state index is 11.0. The summed E-state index contributed by atoms with van der Waals surface area (Å²) in [6, 6.07) is 6.59. The number of halogens is 1. The molecule has 0 heterocycles. The summed E-state index contributed by atoms with van der Waals surface area (Å²) < 4.78 is 0. The Labute approximate surface area is 109 Å². The Morgan fingerprint density at radius 2 is 2.00 bits per heavy atom. The van der Waals surface area contributed by atoms with Gasteiger partial charge in [-0.25, -0.2) is 9.79 Å². The highest BCUT2D eigenvalue weighted by Gasteiger charge is 2.06. The third kappa shape index (κ3) is 5.31. The number of rotatable bonds is 3. The molecule has 0 saturated heterocycles. The van der Waals surface area contributed by atoms with Crippen LogP contribution < -0.4 is 11.2 Å². The average Bonchev–Trinajstić information content (AvgIpc) is 2.29. The van der Waals surface area contributed by atoms with Gasteiger partial charge >= 0.3 is 5.97 Å². The van der Waals surface area contributed by atoms with E-state index in [0.717, 1.165) is 0 Å². The molecular weight excluding hydrogens is 258 g/mol. The third-order valence-corrected chi connectivity index (χ3v) is 1.99. The van der Waals surface area contributed by atoms with E-state index in [1.807, 2.05) is 0 Å². The zero-order chi connectivity index (χ0) is 13.5. The molecule has 0 aromatic heterocycles. The van der Waals surface area contributed by atoms with Crippen LogP contribution >= 0.6 is 11.6 Å². The summed E-state index contributed by atoms with van der Waals surface area (Å²) in [5.74, 6) is -1.12. The molecule has 0 aliphatic carbocycles. The molecule has 0 saturated carbocycles. The molecule has 1 aromatic rings. The fourth-order valence-corrected chi connectivity index (χ4v) is 1.15. The second-order valence-corrected chi connectivity index (χ2v) is 3.86. The first-order chi connectivity index (χ1) is 8.47. The number of carbonyl (C=O) groups excluding carboxylic acids is 2. The number of guanidine groups is 1. The molecule has 3 N–H and O–H groups in total. The molecule has 7 heteroatoms. The Kier molecular flexibility index (Phi) is 5.13. The number of nitrogens with two attached hydrogens (primary N) is 1. The van der Waals surface area contributed by atoms with Gasteiger partial charge in [-0.05, 0) is 31.2 Å². The molecule has 6 nitrogen and oxygen atoms in total. The van der Waals surface area contributed by atoms with Crippen LogP contribution in [0.1, 0.15) is 13.3 Å². The van der Waals surface area contributed by atoms with Crippen LogP contribution in [-0.2, 0) is 14.4 Å². The lowest BCUT2D eigenvalue weighted by Gasteiger charge is -2.04. The zero-order valence-corrected chi connectivity index (χ0v) is 10.4. The molecule has 18 heavy (non-hydrogen) atoms. The number of hydroxylamine groups is 1. The van der Waals surface area contributed by atoms with Crippen LogP contribution in [0.4, 0.5) is 5.69 Å². The highest BCUT2D eigenvalue weighted by molar-refractivity contribution is 6.30. The Morgan fingerprint density at radius 3 is 2.56 bits per heavy atom. The van der Waals surface area contributed by atoms with Crippen LogP contribution in [0.15, 0.2) is 29.3 Å². The molecule has 96 valence electrons. The standard InChI is InChI=1S/C11H12ClN3O3/c1-7(16)6-10(17)18-15-11(13)14-9-4-2-8(12)3-5-9/h2-5H,6H2,1H3,(H3,13,14,15). The summed E-state index contributed by atoms with van der Waals surface area (Å²) in [5.41, 5.74) is 8.16. The van der Waals surface area contributed by atoms with Gasteiger partial charge in [0.15, 0.2) is 0 Å². The van der Waals surface area contributed by atoms with Gasteiger partial charge in [-0.1, -0.05) is 11.6 Å². The van der Waals surface area contributed by atoms with E-state index in [1.165, 1.54) is 6.92 Å². The number of ketones is 1. The van der Waals surface area contributed by atoms with E-state index in [9.17, 15) is 9.59 Å². The van der Waals surface area contributed by atoms with Crippen molar-refractivity contribution in [1.82, 2.24) is 5.48 Å². The quantitative estimate of drug-likeness (QED) is 0.373. The monoisotopic (exact) mass is 269 g/mol. The van der Waals surface area contributed by atoms with Crippen LogP contribution in [0.2, 0.25) is 5.02 Å². The Bertz CT molecular complexity index is 471. The molecule has 0 unspecified atom stereocenters. The molecule has 0 aliphatic rings. The molecule has 0 bridgehead atoms. The predicted molar refractivity (Wildman–Crippen MR) is 67.3 cm³/mol. The molecule has 0 atom stereocenters. The SMILES string of the molecule is CC(=O)CC(=O)ONC(N)=Nc1ccc(Cl)cc1. The zero-order valence-electron chi connectivity index (χ0n) is 9.64. The van der Waals surface area contributed by atoms with E-state index >= 15 is 0 Å². The van der Waals surface area contributed by atoms with Crippen LogP contribution in [0, 0.1) is 0 Å². The van der Waals surface area contributed by atoms with Crippen molar-refractivity contribution in [2.24, 2.45) is 10.7 Å². The normalized spacial score (nSPS) is 10.9. The van der Waals surface area contributed by atoms with Crippen molar-refractivity contribution in [1.29, 1.82) is 0 Å². The van der Waals surface area contributed by atoms with Crippen molar-refractivity contribution in [3.63, 3.8) is 0 Å². The van der Waals surface area contributed by atoms with E-state index in [0.29, 0.717) is 10.7 Å². The highest BCUT2D eigenvalue weighted by atomic mass is 35.5. The van der Waals surface area contributed by atoms with E-state index in [2.05, 4.69) is 15.3 Å². The average molecular weight is 270 g/mol. The number of carbonyl (C=O) groups is 2. The minimum Gasteiger partial charge on any atom is -0.367 e.